The van der Waals surface area contributed by atoms with Crippen LogP contribution in [-0.2, 0) is 4.79 Å². The number of amides is 1. The van der Waals surface area contributed by atoms with E-state index < -0.39 is 11.9 Å². The van der Waals surface area contributed by atoms with E-state index in [9.17, 15) is 14.7 Å². The van der Waals surface area contributed by atoms with E-state index in [4.69, 9.17) is 16.3 Å². The molecule has 1 amide bonds. The van der Waals surface area contributed by atoms with Crippen LogP contribution in [0.25, 0.3) is 10.8 Å². The molecule has 0 aliphatic carbocycles. The molecule has 0 heterocycles. The second-order valence-electron chi connectivity index (χ2n) is 5.29. The van der Waals surface area contributed by atoms with E-state index >= 15 is 0 Å². The number of fused-ring (bicyclic) bond motifs is 1. The van der Waals surface area contributed by atoms with Gasteiger partial charge in [0.2, 0.25) is 0 Å². The Bertz CT molecular complexity index is 950. The number of benzene rings is 3. The molecule has 6 heteroatoms. The fraction of sp³-hybridized carbons (Fsp3) is 0.0526. The van der Waals surface area contributed by atoms with E-state index in [0.717, 1.165) is 10.8 Å². The zero-order chi connectivity index (χ0) is 17.8. The van der Waals surface area contributed by atoms with Gasteiger partial charge in [0.15, 0.2) is 6.61 Å². The summed E-state index contributed by atoms with van der Waals surface area (Å²) in [6.45, 7) is -0.271. The van der Waals surface area contributed by atoms with Crippen molar-refractivity contribution in [3.63, 3.8) is 0 Å². The highest BCUT2D eigenvalue weighted by molar-refractivity contribution is 6.31. The summed E-state index contributed by atoms with van der Waals surface area (Å²) in [4.78, 5) is 23.2. The SMILES string of the molecule is O=C(COc1cccc2ccccc12)Nc1cc(Cl)ccc1C(=O)[O-]. The molecule has 126 valence electrons. The highest BCUT2D eigenvalue weighted by atomic mass is 35.5. The van der Waals surface area contributed by atoms with Crippen LogP contribution in [0.2, 0.25) is 5.02 Å². The number of carbonyl (C=O) groups is 2. The summed E-state index contributed by atoms with van der Waals surface area (Å²) < 4.78 is 5.58. The second-order valence-corrected chi connectivity index (χ2v) is 5.73. The lowest BCUT2D eigenvalue weighted by molar-refractivity contribution is -0.254. The molecule has 1 N–H and O–H groups in total. The van der Waals surface area contributed by atoms with Crippen LogP contribution >= 0.6 is 11.6 Å². The van der Waals surface area contributed by atoms with Crippen molar-refractivity contribution < 1.29 is 19.4 Å². The molecular formula is C19H13ClNO4-. The van der Waals surface area contributed by atoms with Crippen molar-refractivity contribution in [2.45, 2.75) is 0 Å². The standard InChI is InChI=1S/C19H14ClNO4/c20-13-8-9-15(19(23)24)16(10-13)21-18(22)11-25-17-7-3-5-12-4-1-2-6-14(12)17/h1-10H,11H2,(H,21,22)(H,23,24)/p-1. The first kappa shape index (κ1) is 16.8. The highest BCUT2D eigenvalue weighted by Crippen LogP contribution is 2.25. The van der Waals surface area contributed by atoms with Gasteiger partial charge in [-0.25, -0.2) is 0 Å². The maximum atomic E-state index is 12.1. The molecule has 3 aromatic rings. The number of carboxylic acids is 1. The molecule has 0 aliphatic heterocycles. The number of rotatable bonds is 5. The van der Waals surface area contributed by atoms with Crippen LogP contribution in [-0.4, -0.2) is 18.5 Å². The Labute approximate surface area is 148 Å². The Kier molecular flexibility index (Phi) is 4.86. The number of anilines is 1. The Morgan fingerprint density at radius 1 is 1.04 bits per heavy atom. The number of ether oxygens (including phenoxy) is 1. The molecule has 3 rings (SSSR count). The van der Waals surface area contributed by atoms with Gasteiger partial charge in [0.05, 0.1) is 11.7 Å². The van der Waals surface area contributed by atoms with Crippen molar-refractivity contribution in [2.24, 2.45) is 0 Å². The van der Waals surface area contributed by atoms with Gasteiger partial charge in [-0.1, -0.05) is 48.0 Å². The molecule has 0 saturated carbocycles. The lowest BCUT2D eigenvalue weighted by Crippen LogP contribution is -2.26. The molecule has 25 heavy (non-hydrogen) atoms. The molecule has 3 aromatic carbocycles. The predicted octanol–water partition coefficient (Wildman–Crippen LogP) is 2.87. The molecule has 0 atom stereocenters. The minimum Gasteiger partial charge on any atom is -0.545 e. The highest BCUT2D eigenvalue weighted by Gasteiger charge is 2.10. The quantitative estimate of drug-likeness (QED) is 0.764. The van der Waals surface area contributed by atoms with Gasteiger partial charge in [-0.2, -0.15) is 0 Å². The smallest absolute Gasteiger partial charge is 0.262 e. The van der Waals surface area contributed by atoms with Crippen molar-refractivity contribution in [2.75, 3.05) is 11.9 Å². The normalized spacial score (nSPS) is 10.4. The number of halogens is 1. The Hall–Kier alpha value is -3.05. The van der Waals surface area contributed by atoms with Crippen LogP contribution in [0.1, 0.15) is 10.4 Å². The predicted molar refractivity (Wildman–Crippen MR) is 93.9 cm³/mol. The van der Waals surface area contributed by atoms with Crippen molar-refractivity contribution in [1.29, 1.82) is 0 Å². The van der Waals surface area contributed by atoms with Crippen molar-refractivity contribution in [1.82, 2.24) is 0 Å². The minimum absolute atomic E-state index is 0.0685. The van der Waals surface area contributed by atoms with Gasteiger partial charge < -0.3 is 20.0 Å². The average Bonchev–Trinajstić information content (AvgIpc) is 2.59. The van der Waals surface area contributed by atoms with E-state index in [1.807, 2.05) is 36.4 Å². The van der Waals surface area contributed by atoms with Gasteiger partial charge in [-0.05, 0) is 29.7 Å². The molecule has 0 aromatic heterocycles. The first-order chi connectivity index (χ1) is 12.0. The van der Waals surface area contributed by atoms with Gasteiger partial charge in [-0.15, -0.1) is 0 Å². The van der Waals surface area contributed by atoms with Gasteiger partial charge in [0.1, 0.15) is 5.75 Å². The van der Waals surface area contributed by atoms with E-state index in [2.05, 4.69) is 5.32 Å². The average molecular weight is 355 g/mol. The van der Waals surface area contributed by atoms with Crippen molar-refractivity contribution in [3.8, 4) is 5.75 Å². The van der Waals surface area contributed by atoms with Crippen LogP contribution in [0.5, 0.6) is 5.75 Å². The maximum Gasteiger partial charge on any atom is 0.262 e. The van der Waals surface area contributed by atoms with Gasteiger partial charge in [-0.3, -0.25) is 4.79 Å². The number of carboxylic acid groups (broad SMARTS) is 1. The molecule has 5 nitrogen and oxygen atoms in total. The first-order valence-corrected chi connectivity index (χ1v) is 7.84. The van der Waals surface area contributed by atoms with E-state index in [-0.39, 0.29) is 17.9 Å². The largest absolute Gasteiger partial charge is 0.545 e. The molecule has 0 fully saturated rings. The van der Waals surface area contributed by atoms with Crippen LogP contribution in [0, 0.1) is 0 Å². The Morgan fingerprint density at radius 3 is 2.60 bits per heavy atom. The van der Waals surface area contributed by atoms with Gasteiger partial charge in [0, 0.05) is 16.0 Å². The summed E-state index contributed by atoms with van der Waals surface area (Å²) >= 11 is 5.85. The fourth-order valence-electron chi connectivity index (χ4n) is 2.45. The first-order valence-electron chi connectivity index (χ1n) is 7.46. The fourth-order valence-corrected chi connectivity index (χ4v) is 2.62. The van der Waals surface area contributed by atoms with Crippen LogP contribution < -0.4 is 15.2 Å². The van der Waals surface area contributed by atoms with Crippen LogP contribution in [0.15, 0.2) is 60.7 Å². The van der Waals surface area contributed by atoms with E-state index in [1.165, 1.54) is 18.2 Å². The molecule has 0 aliphatic rings. The number of hydrogen-bond donors (Lipinski definition) is 1. The third kappa shape index (κ3) is 3.89. The zero-order valence-corrected chi connectivity index (χ0v) is 13.7. The molecule has 0 spiro atoms. The molecular weight excluding hydrogens is 342 g/mol. The molecule has 0 radical (unpaired) electrons. The number of hydrogen-bond acceptors (Lipinski definition) is 4. The summed E-state index contributed by atoms with van der Waals surface area (Å²) in [5, 5.41) is 15.8. The van der Waals surface area contributed by atoms with E-state index in [0.29, 0.717) is 10.8 Å². The Balaban J connectivity index is 1.73. The van der Waals surface area contributed by atoms with Crippen LogP contribution in [0.3, 0.4) is 0 Å². The summed E-state index contributed by atoms with van der Waals surface area (Å²) in [5.41, 5.74) is -0.0815. The van der Waals surface area contributed by atoms with Crippen LogP contribution in [0.4, 0.5) is 5.69 Å². The summed E-state index contributed by atoms with van der Waals surface area (Å²) in [7, 11) is 0. The summed E-state index contributed by atoms with van der Waals surface area (Å²) in [6, 6.07) is 17.2. The topological polar surface area (TPSA) is 78.5 Å². The third-order valence-electron chi connectivity index (χ3n) is 3.58. The number of nitrogens with one attached hydrogen (secondary N) is 1. The maximum absolute atomic E-state index is 12.1. The zero-order valence-electron chi connectivity index (χ0n) is 13.0. The Morgan fingerprint density at radius 2 is 1.80 bits per heavy atom. The number of carbonyl (C=O) groups excluding carboxylic acids is 2. The summed E-state index contributed by atoms with van der Waals surface area (Å²) in [5.74, 6) is -1.33. The second kappa shape index (κ2) is 7.23. The minimum atomic E-state index is -1.40. The van der Waals surface area contributed by atoms with Gasteiger partial charge in [0.25, 0.3) is 5.91 Å². The van der Waals surface area contributed by atoms with Crippen molar-refractivity contribution in [3.05, 3.63) is 71.2 Å². The van der Waals surface area contributed by atoms with Gasteiger partial charge >= 0.3 is 0 Å². The monoisotopic (exact) mass is 354 g/mol. The lowest BCUT2D eigenvalue weighted by Gasteiger charge is -2.13. The molecule has 0 saturated heterocycles. The van der Waals surface area contributed by atoms with Crippen molar-refractivity contribution >= 4 is 39.9 Å². The lowest BCUT2D eigenvalue weighted by atomic mass is 10.1. The third-order valence-corrected chi connectivity index (χ3v) is 3.82. The summed E-state index contributed by atoms with van der Waals surface area (Å²) in [6.07, 6.45) is 0. The molecule has 0 bridgehead atoms. The number of aromatic carboxylic acids is 1. The molecule has 0 unspecified atom stereocenters. The van der Waals surface area contributed by atoms with E-state index in [1.54, 1.807) is 6.07 Å².